The fourth-order valence-corrected chi connectivity index (χ4v) is 5.16. The van der Waals surface area contributed by atoms with Gasteiger partial charge in [-0.2, -0.15) is 0 Å². The smallest absolute Gasteiger partial charge is 0.332 e. The molecule has 1 fully saturated rings. The van der Waals surface area contributed by atoms with Crippen LogP contribution < -0.4 is 20.7 Å². The Morgan fingerprint density at radius 3 is 2.50 bits per heavy atom. The van der Waals surface area contributed by atoms with Gasteiger partial charge in [-0.25, -0.2) is 13.6 Å². The quantitative estimate of drug-likeness (QED) is 0.351. The lowest BCUT2D eigenvalue weighted by molar-refractivity contribution is -0.119. The number of carbonyl (C=O) groups excluding carboxylic acids is 1. The van der Waals surface area contributed by atoms with Crippen molar-refractivity contribution in [2.45, 2.75) is 44.4 Å². The average Bonchev–Trinajstić information content (AvgIpc) is 2.99. The van der Waals surface area contributed by atoms with Crippen LogP contribution in [0.3, 0.4) is 0 Å². The number of likely N-dealkylation sites (tertiary alicyclic amines) is 1. The first-order valence-electron chi connectivity index (χ1n) is 13.4. The van der Waals surface area contributed by atoms with Crippen molar-refractivity contribution in [1.82, 2.24) is 14.0 Å². The molecule has 1 amide bonds. The van der Waals surface area contributed by atoms with Crippen molar-refractivity contribution in [3.8, 4) is 11.5 Å². The number of nitrogens with zero attached hydrogens (tertiary/aromatic N) is 3. The molecule has 40 heavy (non-hydrogen) atoms. The van der Waals surface area contributed by atoms with Gasteiger partial charge in [0, 0.05) is 19.1 Å². The number of piperidine rings is 1. The van der Waals surface area contributed by atoms with E-state index in [0.717, 1.165) is 25.0 Å². The first kappa shape index (κ1) is 27.4. The highest BCUT2D eigenvalue weighted by atomic mass is 19.1. The molecule has 0 unspecified atom stereocenters. The minimum atomic E-state index is -1.28. The predicted octanol–water partition coefficient (Wildman–Crippen LogP) is 4.30. The molecule has 0 atom stereocenters. The molecular weight excluding hydrogens is 520 g/mol. The number of aromatic nitrogens is 2. The number of fused-ring (bicyclic) bond motifs is 1. The van der Waals surface area contributed by atoms with Crippen LogP contribution in [0.25, 0.3) is 10.9 Å². The van der Waals surface area contributed by atoms with Gasteiger partial charge in [-0.1, -0.05) is 18.2 Å². The van der Waals surface area contributed by atoms with Gasteiger partial charge in [-0.05, 0) is 73.7 Å². The van der Waals surface area contributed by atoms with Gasteiger partial charge in [-0.15, -0.1) is 0 Å². The van der Waals surface area contributed by atoms with E-state index in [1.165, 1.54) is 16.7 Å². The molecule has 2 heterocycles. The van der Waals surface area contributed by atoms with Gasteiger partial charge in [0.1, 0.15) is 30.6 Å². The molecule has 0 saturated carbocycles. The molecule has 210 valence electrons. The zero-order valence-corrected chi connectivity index (χ0v) is 22.0. The summed E-state index contributed by atoms with van der Waals surface area (Å²) in [5.41, 5.74) is 0.105. The van der Waals surface area contributed by atoms with Crippen molar-refractivity contribution in [3.05, 3.63) is 92.9 Å². The summed E-state index contributed by atoms with van der Waals surface area (Å²) in [5, 5.41) is 0.205. The van der Waals surface area contributed by atoms with E-state index in [9.17, 15) is 23.2 Å². The summed E-state index contributed by atoms with van der Waals surface area (Å²) in [6.45, 7) is -1.06. The lowest BCUT2D eigenvalue weighted by Crippen LogP contribution is -2.44. The number of rotatable bonds is 10. The van der Waals surface area contributed by atoms with Gasteiger partial charge in [0.25, 0.3) is 5.56 Å². The highest BCUT2D eigenvalue weighted by Gasteiger charge is 2.25. The Hall–Kier alpha value is -4.21. The molecule has 5 rings (SSSR count). The number of benzene rings is 2. The highest BCUT2D eigenvalue weighted by molar-refractivity contribution is 5.80. The fourth-order valence-electron chi connectivity index (χ4n) is 5.16. The third kappa shape index (κ3) is 5.85. The molecule has 3 aromatic rings. The van der Waals surface area contributed by atoms with E-state index in [0.29, 0.717) is 42.8 Å². The first-order chi connectivity index (χ1) is 19.5. The maximum absolute atomic E-state index is 13.9. The molecule has 0 spiro atoms. The lowest BCUT2D eigenvalue weighted by atomic mass is 10.0. The van der Waals surface area contributed by atoms with Crippen LogP contribution in [0.4, 0.5) is 8.78 Å². The fraction of sp³-hybridized carbons (Fsp3) is 0.367. The van der Waals surface area contributed by atoms with E-state index in [1.54, 1.807) is 27.7 Å². The summed E-state index contributed by atoms with van der Waals surface area (Å²) in [6.07, 6.45) is 8.41. The summed E-state index contributed by atoms with van der Waals surface area (Å²) in [4.78, 5) is 40.5. The molecule has 1 aliphatic carbocycles. The van der Waals surface area contributed by atoms with E-state index in [1.807, 2.05) is 30.4 Å². The SMILES string of the molecule is O=CN1CCC(n2c(=O)n(Cc3cccc(OC4=CCCC=C4)c3)c(=O)c3cc(OC(CF)CF)ccc32)CC1. The molecular formula is C30H31F2N3O5. The number of allylic oxidation sites excluding steroid dienone is 3. The third-order valence-electron chi connectivity index (χ3n) is 7.24. The number of hydrogen-bond acceptors (Lipinski definition) is 5. The number of alkyl halides is 2. The van der Waals surface area contributed by atoms with Crippen LogP contribution in [0.5, 0.6) is 11.5 Å². The second-order valence-corrected chi connectivity index (χ2v) is 9.98. The van der Waals surface area contributed by atoms with Crippen LogP contribution in [0.2, 0.25) is 0 Å². The second kappa shape index (κ2) is 12.3. The summed E-state index contributed by atoms with van der Waals surface area (Å²) < 4.78 is 40.4. The molecule has 0 radical (unpaired) electrons. The lowest BCUT2D eigenvalue weighted by Gasteiger charge is -2.31. The minimum absolute atomic E-state index is 0.00442. The van der Waals surface area contributed by atoms with Gasteiger partial charge in [0.2, 0.25) is 6.41 Å². The van der Waals surface area contributed by atoms with Crippen molar-refractivity contribution in [1.29, 1.82) is 0 Å². The van der Waals surface area contributed by atoms with Crippen molar-refractivity contribution >= 4 is 17.3 Å². The number of amides is 1. The van der Waals surface area contributed by atoms with Crippen LogP contribution in [0.15, 0.2) is 76.0 Å². The minimum Gasteiger partial charge on any atom is -0.485 e. The standard InChI is InChI=1S/C30H31F2N3O5/c31-17-26(18-32)40-25-9-10-28-27(16-25)29(37)34(30(38)35(28)22-11-13-33(20-36)14-12-22)19-21-5-4-8-24(15-21)39-23-6-2-1-3-7-23/h2,4-10,15-16,20,22,26H,1,3,11-14,17-19H2. The summed E-state index contributed by atoms with van der Waals surface area (Å²) in [6, 6.07) is 11.5. The molecule has 2 aromatic carbocycles. The van der Waals surface area contributed by atoms with Gasteiger partial charge < -0.3 is 14.4 Å². The van der Waals surface area contributed by atoms with E-state index in [2.05, 4.69) is 0 Å². The average molecular weight is 552 g/mol. The molecule has 1 aliphatic heterocycles. The largest absolute Gasteiger partial charge is 0.485 e. The second-order valence-electron chi connectivity index (χ2n) is 9.98. The van der Waals surface area contributed by atoms with E-state index in [-0.39, 0.29) is 23.7 Å². The van der Waals surface area contributed by atoms with Crippen LogP contribution in [-0.2, 0) is 11.3 Å². The maximum atomic E-state index is 13.9. The van der Waals surface area contributed by atoms with E-state index in [4.69, 9.17) is 9.47 Å². The normalized spacial score (nSPS) is 15.9. The zero-order chi connectivity index (χ0) is 28.1. The number of halogens is 2. The van der Waals surface area contributed by atoms with E-state index < -0.39 is 30.7 Å². The van der Waals surface area contributed by atoms with Gasteiger partial charge in [0.15, 0.2) is 6.10 Å². The molecule has 0 N–H and O–H groups in total. The number of carbonyl (C=O) groups is 1. The monoisotopic (exact) mass is 551 g/mol. The Morgan fingerprint density at radius 2 is 1.80 bits per heavy atom. The predicted molar refractivity (Wildman–Crippen MR) is 147 cm³/mol. The van der Waals surface area contributed by atoms with Crippen molar-refractivity contribution in [2.24, 2.45) is 0 Å². The molecule has 8 nitrogen and oxygen atoms in total. The van der Waals surface area contributed by atoms with Gasteiger partial charge in [-0.3, -0.25) is 18.7 Å². The number of ether oxygens (including phenoxy) is 2. The Bertz CT molecular complexity index is 1550. The topological polar surface area (TPSA) is 82.8 Å². The van der Waals surface area contributed by atoms with Crippen molar-refractivity contribution in [3.63, 3.8) is 0 Å². The van der Waals surface area contributed by atoms with Gasteiger partial charge in [0.05, 0.1) is 17.4 Å². The Balaban J connectivity index is 1.56. The Kier molecular flexibility index (Phi) is 8.42. The Morgan fingerprint density at radius 1 is 1.00 bits per heavy atom. The Labute approximate surface area is 229 Å². The maximum Gasteiger partial charge on any atom is 0.332 e. The van der Waals surface area contributed by atoms with Crippen LogP contribution in [0.1, 0.15) is 37.3 Å². The molecule has 2 aliphatic rings. The number of hydrogen-bond donors (Lipinski definition) is 0. The summed E-state index contributed by atoms with van der Waals surface area (Å²) in [7, 11) is 0. The van der Waals surface area contributed by atoms with Crippen LogP contribution in [-0.4, -0.2) is 53.0 Å². The molecule has 10 heteroatoms. The first-order valence-corrected chi connectivity index (χ1v) is 13.4. The van der Waals surface area contributed by atoms with Crippen molar-refractivity contribution in [2.75, 3.05) is 26.4 Å². The van der Waals surface area contributed by atoms with Crippen LogP contribution in [0, 0.1) is 0 Å². The van der Waals surface area contributed by atoms with Crippen molar-refractivity contribution < 1.29 is 23.0 Å². The molecule has 0 bridgehead atoms. The molecule has 1 aromatic heterocycles. The summed E-state index contributed by atoms with van der Waals surface area (Å²) >= 11 is 0. The third-order valence-corrected chi connectivity index (χ3v) is 7.24. The van der Waals surface area contributed by atoms with E-state index >= 15 is 0 Å². The summed E-state index contributed by atoms with van der Waals surface area (Å²) in [5.74, 6) is 1.47. The van der Waals surface area contributed by atoms with Crippen LogP contribution >= 0.6 is 0 Å². The zero-order valence-electron chi connectivity index (χ0n) is 22.0. The molecule has 1 saturated heterocycles. The van der Waals surface area contributed by atoms with Gasteiger partial charge >= 0.3 is 5.69 Å². The highest BCUT2D eigenvalue weighted by Crippen LogP contribution is 2.26.